The van der Waals surface area contributed by atoms with Crippen molar-refractivity contribution in [3.05, 3.63) is 0 Å². The number of unbranched alkanes of at least 4 members (excludes halogenated alkanes) is 14. The summed E-state index contributed by atoms with van der Waals surface area (Å²) in [6.45, 7) is 5.30. The summed E-state index contributed by atoms with van der Waals surface area (Å²) in [5.41, 5.74) is 11.2. The van der Waals surface area contributed by atoms with Crippen molar-refractivity contribution in [1.82, 2.24) is 10.6 Å². The lowest BCUT2D eigenvalue weighted by Crippen LogP contribution is -2.52. The fraction of sp³-hybridized carbons (Fsp3) is 0.900. The number of nitrogens with two attached hydrogens (primary N) is 2. The quantitative estimate of drug-likeness (QED) is 0.0829. The van der Waals surface area contributed by atoms with Gasteiger partial charge in [-0.1, -0.05) is 84.0 Å². The first-order valence-corrected chi connectivity index (χ1v) is 15.7. The van der Waals surface area contributed by atoms with Crippen molar-refractivity contribution in [2.45, 2.75) is 154 Å². The third-order valence-electron chi connectivity index (χ3n) is 6.94. The van der Waals surface area contributed by atoms with Gasteiger partial charge in [0.1, 0.15) is 12.1 Å². The average Bonchev–Trinajstić information content (AvgIpc) is 2.90. The maximum atomic E-state index is 13.0. The van der Waals surface area contributed by atoms with E-state index in [1.54, 1.807) is 6.92 Å². The van der Waals surface area contributed by atoms with Crippen molar-refractivity contribution in [2.75, 3.05) is 19.7 Å². The standard InChI is InChI=1S/C30H60N4O4/c1-3-5-6-7-8-9-10-11-12-13-14-15-16-23-28(35)33-26(21-17-19-24-31)29(36)34-27(22-18-20-25-32)30(37)38-4-2/h26-27H,3-25,31-32H2,1-2H3,(H,33,35)(H,34,36)/t26-,27+/m0/s1. The normalized spacial score (nSPS) is 12.6. The fourth-order valence-electron chi connectivity index (χ4n) is 4.59. The molecule has 0 aromatic heterocycles. The van der Waals surface area contributed by atoms with Gasteiger partial charge in [0.2, 0.25) is 11.8 Å². The van der Waals surface area contributed by atoms with E-state index in [9.17, 15) is 14.4 Å². The minimum Gasteiger partial charge on any atom is -0.464 e. The summed E-state index contributed by atoms with van der Waals surface area (Å²) in [4.78, 5) is 38.0. The molecule has 38 heavy (non-hydrogen) atoms. The molecule has 2 atom stereocenters. The third-order valence-corrected chi connectivity index (χ3v) is 6.94. The summed E-state index contributed by atoms with van der Waals surface area (Å²) >= 11 is 0. The predicted octanol–water partition coefficient (Wildman–Crippen LogP) is 5.26. The Hall–Kier alpha value is -1.67. The Morgan fingerprint density at radius 2 is 1.08 bits per heavy atom. The van der Waals surface area contributed by atoms with Crippen LogP contribution in [0.15, 0.2) is 0 Å². The Kier molecular flexibility index (Phi) is 25.7. The van der Waals surface area contributed by atoms with Crippen LogP contribution in [0.4, 0.5) is 0 Å². The number of esters is 1. The molecule has 0 aliphatic carbocycles. The van der Waals surface area contributed by atoms with Gasteiger partial charge in [0, 0.05) is 6.42 Å². The zero-order valence-corrected chi connectivity index (χ0v) is 24.7. The van der Waals surface area contributed by atoms with E-state index in [0.29, 0.717) is 38.8 Å². The Morgan fingerprint density at radius 1 is 0.605 bits per heavy atom. The van der Waals surface area contributed by atoms with E-state index in [0.717, 1.165) is 38.5 Å². The molecule has 0 aliphatic rings. The molecule has 0 heterocycles. The summed E-state index contributed by atoms with van der Waals surface area (Å²) < 4.78 is 5.14. The van der Waals surface area contributed by atoms with Crippen LogP contribution in [0, 0.1) is 0 Å². The summed E-state index contributed by atoms with van der Waals surface area (Å²) in [7, 11) is 0. The van der Waals surface area contributed by atoms with E-state index in [4.69, 9.17) is 16.2 Å². The number of rotatable bonds is 27. The molecule has 0 rings (SSSR count). The Labute approximate surface area is 233 Å². The lowest BCUT2D eigenvalue weighted by atomic mass is 10.0. The van der Waals surface area contributed by atoms with Gasteiger partial charge in [-0.2, -0.15) is 0 Å². The topological polar surface area (TPSA) is 137 Å². The molecule has 0 spiro atoms. The number of carbonyl (C=O) groups excluding carboxylic acids is 3. The van der Waals surface area contributed by atoms with Gasteiger partial charge in [0.05, 0.1) is 6.61 Å². The molecule has 0 aromatic rings. The van der Waals surface area contributed by atoms with Crippen molar-refractivity contribution < 1.29 is 19.1 Å². The van der Waals surface area contributed by atoms with Gasteiger partial charge in [0.15, 0.2) is 0 Å². The van der Waals surface area contributed by atoms with E-state index in [1.807, 2.05) is 0 Å². The molecule has 0 bridgehead atoms. The van der Waals surface area contributed by atoms with Gasteiger partial charge in [-0.05, 0) is 65.0 Å². The predicted molar refractivity (Wildman–Crippen MR) is 157 cm³/mol. The van der Waals surface area contributed by atoms with Crippen molar-refractivity contribution in [1.29, 1.82) is 0 Å². The van der Waals surface area contributed by atoms with Gasteiger partial charge in [-0.15, -0.1) is 0 Å². The Morgan fingerprint density at radius 3 is 1.55 bits per heavy atom. The van der Waals surface area contributed by atoms with Gasteiger partial charge >= 0.3 is 5.97 Å². The second-order valence-corrected chi connectivity index (χ2v) is 10.5. The van der Waals surface area contributed by atoms with Crippen LogP contribution in [0.1, 0.15) is 142 Å². The van der Waals surface area contributed by atoms with Crippen LogP contribution < -0.4 is 22.1 Å². The summed E-state index contributed by atoms with van der Waals surface area (Å²) in [5, 5.41) is 5.71. The molecular formula is C30H60N4O4. The molecule has 8 heteroatoms. The third kappa shape index (κ3) is 21.3. The van der Waals surface area contributed by atoms with Crippen molar-refractivity contribution in [3.63, 3.8) is 0 Å². The fourth-order valence-corrected chi connectivity index (χ4v) is 4.59. The molecular weight excluding hydrogens is 480 g/mol. The van der Waals surface area contributed by atoms with Crippen LogP contribution in [0.25, 0.3) is 0 Å². The number of ether oxygens (including phenoxy) is 1. The van der Waals surface area contributed by atoms with E-state index < -0.39 is 18.1 Å². The summed E-state index contributed by atoms with van der Waals surface area (Å²) in [5.74, 6) is -0.903. The highest BCUT2D eigenvalue weighted by Gasteiger charge is 2.27. The molecule has 0 saturated heterocycles. The largest absolute Gasteiger partial charge is 0.464 e. The lowest BCUT2D eigenvalue weighted by molar-refractivity contribution is -0.148. The van der Waals surface area contributed by atoms with Crippen LogP contribution in [-0.4, -0.2) is 49.6 Å². The van der Waals surface area contributed by atoms with E-state index in [2.05, 4.69) is 17.6 Å². The minimum atomic E-state index is -0.732. The first kappa shape index (κ1) is 36.3. The average molecular weight is 541 g/mol. The highest BCUT2D eigenvalue weighted by atomic mass is 16.5. The number of hydrogen-bond donors (Lipinski definition) is 4. The molecule has 0 aromatic carbocycles. The van der Waals surface area contributed by atoms with Gasteiger partial charge < -0.3 is 26.8 Å². The van der Waals surface area contributed by atoms with Crippen molar-refractivity contribution in [2.24, 2.45) is 11.5 Å². The van der Waals surface area contributed by atoms with Crippen LogP contribution in [0.2, 0.25) is 0 Å². The second-order valence-electron chi connectivity index (χ2n) is 10.5. The van der Waals surface area contributed by atoms with Crippen LogP contribution >= 0.6 is 0 Å². The molecule has 0 radical (unpaired) electrons. The Bertz CT molecular complexity index is 589. The van der Waals surface area contributed by atoms with Gasteiger partial charge in [-0.25, -0.2) is 4.79 Å². The monoisotopic (exact) mass is 540 g/mol. The van der Waals surface area contributed by atoms with E-state index >= 15 is 0 Å². The smallest absolute Gasteiger partial charge is 0.328 e. The zero-order chi connectivity index (χ0) is 28.3. The maximum Gasteiger partial charge on any atom is 0.328 e. The first-order valence-electron chi connectivity index (χ1n) is 15.7. The van der Waals surface area contributed by atoms with Gasteiger partial charge in [0.25, 0.3) is 0 Å². The van der Waals surface area contributed by atoms with E-state index in [1.165, 1.54) is 64.2 Å². The summed E-state index contributed by atoms with van der Waals surface area (Å²) in [6, 6.07) is -1.41. The zero-order valence-electron chi connectivity index (χ0n) is 24.7. The number of carbonyl (C=O) groups is 3. The molecule has 0 unspecified atom stereocenters. The SMILES string of the molecule is CCCCCCCCCCCCCCCC(=O)N[C@@H](CCCCN)C(=O)N[C@H](CCCCN)C(=O)OCC. The van der Waals surface area contributed by atoms with Crippen molar-refractivity contribution in [3.8, 4) is 0 Å². The first-order chi connectivity index (χ1) is 18.5. The second kappa shape index (κ2) is 26.9. The number of amides is 2. The highest BCUT2D eigenvalue weighted by Crippen LogP contribution is 2.13. The minimum absolute atomic E-state index is 0.114. The molecule has 0 saturated carbocycles. The maximum absolute atomic E-state index is 13.0. The number of hydrogen-bond acceptors (Lipinski definition) is 6. The summed E-state index contributed by atoms with van der Waals surface area (Å²) in [6.07, 6.45) is 20.7. The Balaban J connectivity index is 4.37. The molecule has 8 nitrogen and oxygen atoms in total. The van der Waals surface area contributed by atoms with Crippen LogP contribution in [0.3, 0.4) is 0 Å². The lowest BCUT2D eigenvalue weighted by Gasteiger charge is -2.22. The molecule has 0 aliphatic heterocycles. The van der Waals surface area contributed by atoms with Crippen molar-refractivity contribution >= 4 is 17.8 Å². The van der Waals surface area contributed by atoms with Gasteiger partial charge in [-0.3, -0.25) is 9.59 Å². The molecule has 6 N–H and O–H groups in total. The number of nitrogens with one attached hydrogen (secondary N) is 2. The van der Waals surface area contributed by atoms with E-state index in [-0.39, 0.29) is 18.4 Å². The molecule has 224 valence electrons. The molecule has 2 amide bonds. The molecule has 0 fully saturated rings. The van der Waals surface area contributed by atoms with Crippen LogP contribution in [0.5, 0.6) is 0 Å². The van der Waals surface area contributed by atoms with Crippen LogP contribution in [-0.2, 0) is 19.1 Å². The highest BCUT2D eigenvalue weighted by molar-refractivity contribution is 5.90.